The third-order valence-corrected chi connectivity index (χ3v) is 3.16. The Morgan fingerprint density at radius 3 is 2.50 bits per heavy atom. The van der Waals surface area contributed by atoms with Gasteiger partial charge in [0.15, 0.2) is 5.78 Å². The Hall–Kier alpha value is -2.07. The molecule has 0 saturated carbocycles. The van der Waals surface area contributed by atoms with Gasteiger partial charge < -0.3 is 9.47 Å². The van der Waals surface area contributed by atoms with E-state index >= 15 is 0 Å². The molecule has 104 valence electrons. The molecule has 0 bridgehead atoms. The first-order chi connectivity index (χ1) is 9.56. The smallest absolute Gasteiger partial charge is 0.213 e. The maximum absolute atomic E-state index is 11.8. The molecule has 2 rings (SSSR count). The molecule has 4 nitrogen and oxygen atoms in total. The molecular formula is C15H14ClNO3. The third kappa shape index (κ3) is 2.75. The Labute approximate surface area is 122 Å². The molecule has 0 aliphatic rings. The van der Waals surface area contributed by atoms with E-state index in [-0.39, 0.29) is 5.78 Å². The van der Waals surface area contributed by atoms with Gasteiger partial charge in [-0.25, -0.2) is 4.98 Å². The maximum atomic E-state index is 11.8. The van der Waals surface area contributed by atoms with Crippen LogP contribution < -0.4 is 9.47 Å². The maximum Gasteiger partial charge on any atom is 0.213 e. The van der Waals surface area contributed by atoms with Crippen molar-refractivity contribution in [1.82, 2.24) is 4.98 Å². The summed E-state index contributed by atoms with van der Waals surface area (Å²) >= 11 is 6.04. The fourth-order valence-corrected chi connectivity index (χ4v) is 2.13. The molecule has 0 radical (unpaired) electrons. The Morgan fingerprint density at radius 2 is 1.90 bits per heavy atom. The van der Waals surface area contributed by atoms with Gasteiger partial charge in [-0.15, -0.1) is 0 Å². The minimum absolute atomic E-state index is 0.0468. The van der Waals surface area contributed by atoms with Gasteiger partial charge in [-0.05, 0) is 30.7 Å². The second-order valence-corrected chi connectivity index (χ2v) is 4.61. The van der Waals surface area contributed by atoms with Crippen LogP contribution in [0.4, 0.5) is 0 Å². The molecule has 0 aliphatic heterocycles. The van der Waals surface area contributed by atoms with Gasteiger partial charge in [0, 0.05) is 22.2 Å². The topological polar surface area (TPSA) is 48.4 Å². The molecule has 0 unspecified atom stereocenters. The van der Waals surface area contributed by atoms with Crippen LogP contribution in [-0.2, 0) is 0 Å². The quantitative estimate of drug-likeness (QED) is 0.807. The van der Waals surface area contributed by atoms with Crippen LogP contribution in [0.3, 0.4) is 0 Å². The normalized spacial score (nSPS) is 10.2. The number of methoxy groups -OCH3 is 2. The van der Waals surface area contributed by atoms with Crippen LogP contribution in [0, 0.1) is 0 Å². The van der Waals surface area contributed by atoms with E-state index in [0.29, 0.717) is 33.3 Å². The van der Waals surface area contributed by atoms with Crippen molar-refractivity contribution < 1.29 is 14.3 Å². The van der Waals surface area contributed by atoms with Crippen molar-refractivity contribution in [2.75, 3.05) is 14.2 Å². The molecule has 0 N–H and O–H groups in total. The molecule has 0 amide bonds. The predicted molar refractivity (Wildman–Crippen MR) is 77.8 cm³/mol. The summed E-state index contributed by atoms with van der Waals surface area (Å²) in [4.78, 5) is 15.9. The fourth-order valence-electron chi connectivity index (χ4n) is 1.95. The lowest BCUT2D eigenvalue weighted by atomic mass is 9.97. The molecule has 2 aromatic rings. The molecular weight excluding hydrogens is 278 g/mol. The van der Waals surface area contributed by atoms with E-state index in [9.17, 15) is 4.79 Å². The molecule has 0 atom stereocenters. The van der Waals surface area contributed by atoms with Gasteiger partial charge in [0.2, 0.25) is 5.88 Å². The number of pyridine rings is 1. The highest BCUT2D eigenvalue weighted by atomic mass is 35.5. The van der Waals surface area contributed by atoms with Gasteiger partial charge in [0.1, 0.15) is 5.75 Å². The predicted octanol–water partition coefficient (Wildman–Crippen LogP) is 3.62. The van der Waals surface area contributed by atoms with Gasteiger partial charge in [0.25, 0.3) is 0 Å². The molecule has 0 saturated heterocycles. The number of Topliss-reactive ketones (excluding diaryl/α,β-unsaturated/α-hetero) is 1. The number of aromatic nitrogens is 1. The number of carbonyl (C=O) groups excluding carboxylic acids is 1. The Bertz CT molecular complexity index is 656. The van der Waals surface area contributed by atoms with E-state index in [2.05, 4.69) is 4.98 Å². The summed E-state index contributed by atoms with van der Waals surface area (Å²) in [6.07, 6.45) is 1.55. The van der Waals surface area contributed by atoms with Crippen LogP contribution in [0.5, 0.6) is 11.6 Å². The number of hydrogen-bond acceptors (Lipinski definition) is 4. The largest absolute Gasteiger partial charge is 0.494 e. The van der Waals surface area contributed by atoms with Crippen molar-refractivity contribution in [3.8, 4) is 22.8 Å². The second-order valence-electron chi connectivity index (χ2n) is 4.17. The van der Waals surface area contributed by atoms with Crippen molar-refractivity contribution in [2.45, 2.75) is 6.92 Å². The average Bonchev–Trinajstić information content (AvgIpc) is 2.46. The van der Waals surface area contributed by atoms with E-state index in [1.165, 1.54) is 14.0 Å². The van der Waals surface area contributed by atoms with Gasteiger partial charge in [-0.2, -0.15) is 0 Å². The molecule has 1 heterocycles. The van der Waals surface area contributed by atoms with Crippen LogP contribution >= 0.6 is 11.6 Å². The summed E-state index contributed by atoms with van der Waals surface area (Å²) in [6, 6.07) is 6.84. The summed E-state index contributed by atoms with van der Waals surface area (Å²) in [6.45, 7) is 1.51. The standard InChI is InChI=1S/C15H14ClNO3/c1-9(18)11-5-4-10(16)6-12(11)13-7-15(20-3)17-8-14(13)19-2/h4-8H,1-3H3. The highest BCUT2D eigenvalue weighted by Crippen LogP contribution is 2.35. The SMILES string of the molecule is COc1cc(-c2cc(Cl)ccc2C(C)=O)c(OC)cn1. The summed E-state index contributed by atoms with van der Waals surface area (Å²) < 4.78 is 10.4. The van der Waals surface area contributed by atoms with E-state index in [0.717, 1.165) is 0 Å². The van der Waals surface area contributed by atoms with Gasteiger partial charge in [-0.1, -0.05) is 11.6 Å². The van der Waals surface area contributed by atoms with Crippen LogP contribution in [0.1, 0.15) is 17.3 Å². The average molecular weight is 292 g/mol. The fraction of sp³-hybridized carbons (Fsp3) is 0.200. The van der Waals surface area contributed by atoms with E-state index in [1.54, 1.807) is 37.6 Å². The Balaban J connectivity index is 2.72. The number of benzene rings is 1. The minimum Gasteiger partial charge on any atom is -0.494 e. The lowest BCUT2D eigenvalue weighted by molar-refractivity contribution is 0.101. The van der Waals surface area contributed by atoms with Crippen LogP contribution in [-0.4, -0.2) is 25.0 Å². The number of rotatable bonds is 4. The number of ether oxygens (including phenoxy) is 2. The van der Waals surface area contributed by atoms with E-state index in [1.807, 2.05) is 0 Å². The van der Waals surface area contributed by atoms with Gasteiger partial charge >= 0.3 is 0 Å². The van der Waals surface area contributed by atoms with Crippen molar-refractivity contribution in [3.63, 3.8) is 0 Å². The summed E-state index contributed by atoms with van der Waals surface area (Å²) in [5.74, 6) is 0.945. The first kappa shape index (κ1) is 14.3. The zero-order valence-electron chi connectivity index (χ0n) is 11.4. The number of carbonyl (C=O) groups is 1. The lowest BCUT2D eigenvalue weighted by Crippen LogP contribution is -1.99. The summed E-state index contributed by atoms with van der Waals surface area (Å²) in [5.41, 5.74) is 1.98. The summed E-state index contributed by atoms with van der Waals surface area (Å²) in [5, 5.41) is 0.544. The molecule has 5 heteroatoms. The van der Waals surface area contributed by atoms with Crippen molar-refractivity contribution >= 4 is 17.4 Å². The number of halogens is 1. The number of hydrogen-bond donors (Lipinski definition) is 0. The second kappa shape index (κ2) is 5.92. The zero-order chi connectivity index (χ0) is 14.7. The van der Waals surface area contributed by atoms with Gasteiger partial charge in [0.05, 0.1) is 20.4 Å². The first-order valence-electron chi connectivity index (χ1n) is 5.95. The van der Waals surface area contributed by atoms with Gasteiger partial charge in [-0.3, -0.25) is 4.79 Å². The third-order valence-electron chi connectivity index (χ3n) is 2.92. The molecule has 1 aromatic carbocycles. The first-order valence-corrected chi connectivity index (χ1v) is 6.33. The molecule has 0 fully saturated rings. The summed E-state index contributed by atoms with van der Waals surface area (Å²) in [7, 11) is 3.08. The molecule has 1 aromatic heterocycles. The lowest BCUT2D eigenvalue weighted by Gasteiger charge is -2.13. The monoisotopic (exact) mass is 291 g/mol. The van der Waals surface area contributed by atoms with Crippen LogP contribution in [0.2, 0.25) is 5.02 Å². The number of ketones is 1. The Kier molecular flexibility index (Phi) is 4.25. The Morgan fingerprint density at radius 1 is 1.15 bits per heavy atom. The van der Waals surface area contributed by atoms with Crippen LogP contribution in [0.15, 0.2) is 30.5 Å². The van der Waals surface area contributed by atoms with Crippen LogP contribution in [0.25, 0.3) is 11.1 Å². The zero-order valence-corrected chi connectivity index (χ0v) is 12.2. The van der Waals surface area contributed by atoms with E-state index < -0.39 is 0 Å². The van der Waals surface area contributed by atoms with Crippen molar-refractivity contribution in [1.29, 1.82) is 0 Å². The van der Waals surface area contributed by atoms with E-state index in [4.69, 9.17) is 21.1 Å². The highest BCUT2D eigenvalue weighted by molar-refractivity contribution is 6.31. The molecule has 20 heavy (non-hydrogen) atoms. The minimum atomic E-state index is -0.0468. The number of nitrogens with zero attached hydrogens (tertiary/aromatic N) is 1. The highest BCUT2D eigenvalue weighted by Gasteiger charge is 2.15. The molecule has 0 spiro atoms. The van der Waals surface area contributed by atoms with Crippen molar-refractivity contribution in [3.05, 3.63) is 41.0 Å². The van der Waals surface area contributed by atoms with Crippen molar-refractivity contribution in [2.24, 2.45) is 0 Å². The molecule has 0 aliphatic carbocycles.